The molecule has 2 amide bonds. The van der Waals surface area contributed by atoms with Crippen molar-refractivity contribution >= 4 is 40.6 Å². The van der Waals surface area contributed by atoms with Crippen LogP contribution in [0.3, 0.4) is 0 Å². The van der Waals surface area contributed by atoms with Crippen LogP contribution in [0.1, 0.15) is 44.7 Å². The maximum absolute atomic E-state index is 12.0. The summed E-state index contributed by atoms with van der Waals surface area (Å²) in [5.74, 6) is -1.51. The lowest BCUT2D eigenvalue weighted by molar-refractivity contribution is -0.147. The van der Waals surface area contributed by atoms with Crippen molar-refractivity contribution in [2.75, 3.05) is 18.5 Å². The van der Waals surface area contributed by atoms with Crippen molar-refractivity contribution < 1.29 is 23.9 Å². The summed E-state index contributed by atoms with van der Waals surface area (Å²) >= 11 is 1.38. The van der Waals surface area contributed by atoms with Crippen LogP contribution in [0.15, 0.2) is 36.4 Å². The number of carbonyl (C=O) groups is 4. The number of esters is 1. The lowest BCUT2D eigenvalue weighted by Crippen LogP contribution is -2.23. The van der Waals surface area contributed by atoms with Crippen molar-refractivity contribution in [2.24, 2.45) is 0 Å². The Morgan fingerprint density at radius 3 is 2.54 bits per heavy atom. The van der Waals surface area contributed by atoms with E-state index in [1.54, 1.807) is 24.3 Å². The second kappa shape index (κ2) is 10.4. The molecule has 2 aromatic rings. The van der Waals surface area contributed by atoms with Crippen LogP contribution in [-0.4, -0.2) is 36.7 Å². The molecule has 1 heterocycles. The van der Waals surface area contributed by atoms with E-state index in [-0.39, 0.29) is 24.5 Å². The number of Topliss-reactive ketones (excluding diaryl/α,β-unsaturated/α-hetero) is 1. The van der Waals surface area contributed by atoms with Gasteiger partial charge in [0.2, 0.25) is 0 Å². The molecule has 0 spiro atoms. The van der Waals surface area contributed by atoms with Gasteiger partial charge in [-0.05, 0) is 44.2 Å². The first-order chi connectivity index (χ1) is 13.4. The fraction of sp³-hybridized carbons (Fsp3) is 0.300. The molecule has 2 rings (SSSR count). The van der Waals surface area contributed by atoms with Gasteiger partial charge in [0.25, 0.3) is 11.8 Å². The van der Waals surface area contributed by atoms with Gasteiger partial charge in [0.05, 0.1) is 11.3 Å². The van der Waals surface area contributed by atoms with Gasteiger partial charge >= 0.3 is 5.97 Å². The molecule has 0 fully saturated rings. The van der Waals surface area contributed by atoms with E-state index in [2.05, 4.69) is 10.6 Å². The second-order valence-corrected chi connectivity index (χ2v) is 7.27. The number of ether oxygens (including phenoxy) is 1. The molecule has 2 N–H and O–H groups in total. The van der Waals surface area contributed by atoms with Gasteiger partial charge in [-0.15, -0.1) is 11.3 Å². The van der Waals surface area contributed by atoms with E-state index < -0.39 is 18.5 Å². The fourth-order valence-corrected chi connectivity index (χ4v) is 3.17. The fourth-order valence-electron chi connectivity index (χ4n) is 2.34. The van der Waals surface area contributed by atoms with Crippen LogP contribution in [0.2, 0.25) is 0 Å². The number of nitrogens with one attached hydrogen (secondary N) is 2. The molecule has 0 radical (unpaired) electrons. The minimum Gasteiger partial charge on any atom is -0.456 e. The Hall–Kier alpha value is -3.00. The molecule has 1 aromatic heterocycles. The summed E-state index contributed by atoms with van der Waals surface area (Å²) in [4.78, 5) is 49.1. The molecule has 0 aliphatic heterocycles. The summed E-state index contributed by atoms with van der Waals surface area (Å²) in [5.41, 5.74) is 0.840. The van der Waals surface area contributed by atoms with E-state index in [4.69, 9.17) is 4.74 Å². The largest absolute Gasteiger partial charge is 0.456 e. The first kappa shape index (κ1) is 21.3. The molecule has 0 bridgehead atoms. The standard InChI is InChI=1S/C20H22N2O5S/c1-3-21-20(26)14-5-4-6-15(11-14)22-18(24)12-27-19(25)10-8-16(23)17-9-7-13(2)28-17/h4-7,9,11H,3,8,10,12H2,1-2H3,(H,21,26)(H,22,24). The molecule has 1 aromatic carbocycles. The van der Waals surface area contributed by atoms with Crippen molar-refractivity contribution in [3.63, 3.8) is 0 Å². The number of rotatable bonds is 9. The summed E-state index contributed by atoms with van der Waals surface area (Å²) in [7, 11) is 0. The zero-order chi connectivity index (χ0) is 20.5. The first-order valence-corrected chi connectivity index (χ1v) is 9.64. The Bertz CT molecular complexity index is 875. The average Bonchev–Trinajstić information content (AvgIpc) is 3.11. The van der Waals surface area contributed by atoms with Crippen molar-refractivity contribution in [3.8, 4) is 0 Å². The number of anilines is 1. The van der Waals surface area contributed by atoms with Crippen LogP contribution in [0.4, 0.5) is 5.69 Å². The number of benzene rings is 1. The quantitative estimate of drug-likeness (QED) is 0.496. The molecule has 8 heteroatoms. The van der Waals surface area contributed by atoms with Gasteiger partial charge < -0.3 is 15.4 Å². The van der Waals surface area contributed by atoms with Crippen molar-refractivity contribution in [2.45, 2.75) is 26.7 Å². The van der Waals surface area contributed by atoms with Crippen molar-refractivity contribution in [1.29, 1.82) is 0 Å². The Labute approximate surface area is 167 Å². The molecule has 0 saturated carbocycles. The molecule has 0 aliphatic carbocycles. The van der Waals surface area contributed by atoms with Gasteiger partial charge in [0.1, 0.15) is 0 Å². The topological polar surface area (TPSA) is 102 Å². The third-order valence-corrected chi connectivity index (χ3v) is 4.72. The summed E-state index contributed by atoms with van der Waals surface area (Å²) in [6.07, 6.45) is -0.0509. The molecule has 0 aliphatic rings. The molecule has 7 nitrogen and oxygen atoms in total. The second-order valence-electron chi connectivity index (χ2n) is 5.98. The van der Waals surface area contributed by atoms with Gasteiger partial charge in [-0.1, -0.05) is 6.07 Å². The summed E-state index contributed by atoms with van der Waals surface area (Å²) < 4.78 is 4.90. The summed E-state index contributed by atoms with van der Waals surface area (Å²) in [6.45, 7) is 3.75. The highest BCUT2D eigenvalue weighted by molar-refractivity contribution is 7.14. The van der Waals surface area contributed by atoms with Crippen LogP contribution >= 0.6 is 11.3 Å². The van der Waals surface area contributed by atoms with E-state index in [9.17, 15) is 19.2 Å². The lowest BCUT2D eigenvalue weighted by Gasteiger charge is -2.08. The highest BCUT2D eigenvalue weighted by Crippen LogP contribution is 2.17. The Morgan fingerprint density at radius 1 is 1.07 bits per heavy atom. The third kappa shape index (κ3) is 6.62. The van der Waals surface area contributed by atoms with Gasteiger partial charge in [-0.3, -0.25) is 19.2 Å². The number of aryl methyl sites for hydroxylation is 1. The monoisotopic (exact) mass is 402 g/mol. The number of thiophene rings is 1. The zero-order valence-corrected chi connectivity index (χ0v) is 16.6. The van der Waals surface area contributed by atoms with Crippen LogP contribution in [-0.2, 0) is 14.3 Å². The van der Waals surface area contributed by atoms with Crippen LogP contribution in [0.25, 0.3) is 0 Å². The predicted molar refractivity (Wildman–Crippen MR) is 107 cm³/mol. The Morgan fingerprint density at radius 2 is 1.86 bits per heavy atom. The van der Waals surface area contributed by atoms with Crippen LogP contribution < -0.4 is 10.6 Å². The van der Waals surface area contributed by atoms with Crippen LogP contribution in [0, 0.1) is 6.92 Å². The Balaban J connectivity index is 1.76. The van der Waals surface area contributed by atoms with E-state index in [0.29, 0.717) is 22.7 Å². The summed E-state index contributed by atoms with van der Waals surface area (Å²) in [5, 5.41) is 5.24. The van der Waals surface area contributed by atoms with Crippen LogP contribution in [0.5, 0.6) is 0 Å². The third-order valence-electron chi connectivity index (χ3n) is 3.68. The average molecular weight is 402 g/mol. The number of ketones is 1. The molecule has 0 saturated heterocycles. The molecule has 148 valence electrons. The molecule has 0 unspecified atom stereocenters. The normalized spacial score (nSPS) is 10.2. The van der Waals surface area contributed by atoms with E-state index >= 15 is 0 Å². The predicted octanol–water partition coefficient (Wildman–Crippen LogP) is 2.95. The highest BCUT2D eigenvalue weighted by atomic mass is 32.1. The molecular weight excluding hydrogens is 380 g/mol. The lowest BCUT2D eigenvalue weighted by atomic mass is 10.2. The minimum atomic E-state index is -0.618. The van der Waals surface area contributed by atoms with E-state index in [1.165, 1.54) is 17.4 Å². The number of amides is 2. The van der Waals surface area contributed by atoms with Gasteiger partial charge in [-0.25, -0.2) is 0 Å². The smallest absolute Gasteiger partial charge is 0.306 e. The zero-order valence-electron chi connectivity index (χ0n) is 15.7. The maximum atomic E-state index is 12.0. The maximum Gasteiger partial charge on any atom is 0.306 e. The Kier molecular flexibility index (Phi) is 7.88. The van der Waals surface area contributed by atoms with E-state index in [0.717, 1.165) is 4.88 Å². The van der Waals surface area contributed by atoms with Gasteiger partial charge in [0, 0.05) is 29.1 Å². The van der Waals surface area contributed by atoms with Crippen molar-refractivity contribution in [3.05, 3.63) is 51.7 Å². The number of hydrogen-bond donors (Lipinski definition) is 2. The summed E-state index contributed by atoms with van der Waals surface area (Å²) in [6, 6.07) is 10.0. The van der Waals surface area contributed by atoms with E-state index in [1.807, 2.05) is 19.9 Å². The minimum absolute atomic E-state index is 0.0367. The van der Waals surface area contributed by atoms with Gasteiger partial charge in [-0.2, -0.15) is 0 Å². The molecule has 0 atom stereocenters. The number of carbonyl (C=O) groups excluding carboxylic acids is 4. The highest BCUT2D eigenvalue weighted by Gasteiger charge is 2.13. The molecule has 28 heavy (non-hydrogen) atoms. The first-order valence-electron chi connectivity index (χ1n) is 8.82. The number of hydrogen-bond acceptors (Lipinski definition) is 6. The molecular formula is C20H22N2O5S. The van der Waals surface area contributed by atoms with Gasteiger partial charge in [0.15, 0.2) is 12.4 Å². The SMILES string of the molecule is CCNC(=O)c1cccc(NC(=O)COC(=O)CCC(=O)c2ccc(C)s2)c1. The van der Waals surface area contributed by atoms with Crippen molar-refractivity contribution in [1.82, 2.24) is 5.32 Å².